The summed E-state index contributed by atoms with van der Waals surface area (Å²) in [7, 11) is 0. The van der Waals surface area contributed by atoms with Crippen molar-refractivity contribution in [3.63, 3.8) is 0 Å². The Bertz CT molecular complexity index is 377. The van der Waals surface area contributed by atoms with Crippen LogP contribution in [0.2, 0.25) is 0 Å². The number of hydrogen-bond donors (Lipinski definition) is 1. The average molecular weight is 312 g/mol. The van der Waals surface area contributed by atoms with Crippen LogP contribution in [0.4, 0.5) is 0 Å². The van der Waals surface area contributed by atoms with Crippen LogP contribution in [0.15, 0.2) is 37.5 Å². The molecule has 124 valence electrons. The maximum atomic E-state index is 11.0. The Morgan fingerprint density at radius 3 is 1.77 bits per heavy atom. The second kappa shape index (κ2) is 13.6. The summed E-state index contributed by atoms with van der Waals surface area (Å²) in [5, 5.41) is 7.89. The Kier molecular flexibility index (Phi) is 13.6. The fourth-order valence-corrected chi connectivity index (χ4v) is 1.06. The molecule has 0 rings (SSSR count). The van der Waals surface area contributed by atoms with Gasteiger partial charge >= 0.3 is 17.9 Å². The van der Waals surface area contributed by atoms with Gasteiger partial charge in [-0.15, -0.1) is 0 Å². The van der Waals surface area contributed by atoms with E-state index >= 15 is 0 Å². The maximum Gasteiger partial charge on any atom is 0.333 e. The highest BCUT2D eigenvalue weighted by Crippen LogP contribution is 2.09. The van der Waals surface area contributed by atoms with Gasteiger partial charge in [0.15, 0.2) is 0 Å². The molecule has 0 aliphatic heterocycles. The van der Waals surface area contributed by atoms with Gasteiger partial charge in [0.1, 0.15) is 0 Å². The molecular weight excluding hydrogens is 288 g/mol. The molecule has 0 aromatic carbocycles. The molecule has 0 heterocycles. The zero-order valence-electron chi connectivity index (χ0n) is 13.2. The van der Waals surface area contributed by atoms with Crippen molar-refractivity contribution >= 4 is 17.9 Å². The molecule has 0 bridgehead atoms. The summed E-state index contributed by atoms with van der Waals surface area (Å²) in [6, 6.07) is 0. The first-order chi connectivity index (χ1) is 10.3. The third-order valence-corrected chi connectivity index (χ3v) is 2.24. The van der Waals surface area contributed by atoms with Crippen molar-refractivity contribution in [2.75, 3.05) is 0 Å². The molecule has 6 heteroatoms. The number of carbonyl (C=O) groups is 3. The minimum Gasteiger partial charge on any atom is -0.478 e. The predicted octanol–water partition coefficient (Wildman–Crippen LogP) is 3.00. The van der Waals surface area contributed by atoms with E-state index < -0.39 is 24.2 Å². The molecule has 6 nitrogen and oxygen atoms in total. The second-order valence-electron chi connectivity index (χ2n) is 4.29. The average Bonchev–Trinajstić information content (AvgIpc) is 2.47. The minimum atomic E-state index is -0.935. The van der Waals surface area contributed by atoms with E-state index in [1.807, 2.05) is 0 Å². The summed E-state index contributed by atoms with van der Waals surface area (Å²) in [4.78, 5) is 31.5. The topological polar surface area (TPSA) is 89.9 Å². The number of carboxylic acid groups (broad SMARTS) is 1. The quantitative estimate of drug-likeness (QED) is 0.305. The number of rotatable bonds is 9. The number of carboxylic acids is 1. The van der Waals surface area contributed by atoms with E-state index in [2.05, 4.69) is 26.7 Å². The number of ether oxygens (including phenoxy) is 2. The second-order valence-corrected chi connectivity index (χ2v) is 4.29. The third-order valence-electron chi connectivity index (χ3n) is 2.24. The van der Waals surface area contributed by atoms with E-state index in [1.165, 1.54) is 6.92 Å². The maximum absolute atomic E-state index is 11.0. The molecule has 0 aliphatic rings. The summed E-state index contributed by atoms with van der Waals surface area (Å²) in [5.74, 6) is -2.13. The molecule has 0 aromatic heterocycles. The molecule has 0 fully saturated rings. The van der Waals surface area contributed by atoms with Crippen LogP contribution >= 0.6 is 0 Å². The molecule has 0 saturated heterocycles. The summed E-state index contributed by atoms with van der Waals surface area (Å²) in [6.45, 7) is 13.2. The highest BCUT2D eigenvalue weighted by molar-refractivity contribution is 5.84. The van der Waals surface area contributed by atoms with E-state index in [0.29, 0.717) is 6.42 Å². The van der Waals surface area contributed by atoms with Crippen LogP contribution in [0.3, 0.4) is 0 Å². The number of hydrogen-bond acceptors (Lipinski definition) is 5. The van der Waals surface area contributed by atoms with Crippen molar-refractivity contribution < 1.29 is 29.0 Å². The molecule has 0 aromatic rings. The summed E-state index contributed by atoms with van der Waals surface area (Å²) in [5.41, 5.74) is 0.176. The van der Waals surface area contributed by atoms with Crippen molar-refractivity contribution in [3.8, 4) is 0 Å². The predicted molar refractivity (Wildman–Crippen MR) is 83.0 cm³/mol. The van der Waals surface area contributed by atoms with Crippen LogP contribution in [-0.2, 0) is 23.9 Å². The van der Waals surface area contributed by atoms with Gasteiger partial charge in [-0.05, 0) is 13.3 Å². The zero-order valence-corrected chi connectivity index (χ0v) is 13.2. The van der Waals surface area contributed by atoms with Crippen LogP contribution in [0.1, 0.15) is 39.5 Å². The molecule has 1 N–H and O–H groups in total. The van der Waals surface area contributed by atoms with Gasteiger partial charge in [-0.2, -0.15) is 0 Å². The first kappa shape index (κ1) is 21.9. The molecule has 0 aliphatic carbocycles. The fraction of sp³-hybridized carbons (Fsp3) is 0.438. The molecule has 22 heavy (non-hydrogen) atoms. The van der Waals surface area contributed by atoms with Gasteiger partial charge in [-0.1, -0.05) is 39.5 Å². The highest BCUT2D eigenvalue weighted by Gasteiger charge is 2.15. The van der Waals surface area contributed by atoms with Crippen molar-refractivity contribution in [1.29, 1.82) is 0 Å². The Morgan fingerprint density at radius 1 is 1.09 bits per heavy atom. The molecule has 0 atom stereocenters. The Labute approximate surface area is 131 Å². The molecule has 0 spiro atoms. The number of carbonyl (C=O) groups excluding carboxylic acids is 2. The lowest BCUT2D eigenvalue weighted by Gasteiger charge is -2.16. The SMILES string of the molecule is C=C(C)C(=O)O.C=CC(=O)OC(CCCCC)OC(=O)C=C. The smallest absolute Gasteiger partial charge is 0.333 e. The van der Waals surface area contributed by atoms with E-state index in [1.54, 1.807) is 0 Å². The summed E-state index contributed by atoms with van der Waals surface area (Å²) in [6.07, 6.45) is 4.58. The van der Waals surface area contributed by atoms with E-state index in [-0.39, 0.29) is 5.57 Å². The van der Waals surface area contributed by atoms with Crippen molar-refractivity contribution in [2.45, 2.75) is 45.8 Å². The van der Waals surface area contributed by atoms with Gasteiger partial charge < -0.3 is 14.6 Å². The van der Waals surface area contributed by atoms with Crippen LogP contribution in [-0.4, -0.2) is 29.3 Å². The Morgan fingerprint density at radius 2 is 1.50 bits per heavy atom. The lowest BCUT2D eigenvalue weighted by atomic mass is 10.2. The highest BCUT2D eigenvalue weighted by atomic mass is 16.7. The van der Waals surface area contributed by atoms with Gasteiger partial charge in [-0.25, -0.2) is 14.4 Å². The van der Waals surface area contributed by atoms with Crippen LogP contribution in [0.5, 0.6) is 0 Å². The largest absolute Gasteiger partial charge is 0.478 e. The first-order valence-corrected chi connectivity index (χ1v) is 6.83. The van der Waals surface area contributed by atoms with E-state index in [0.717, 1.165) is 31.4 Å². The molecular formula is C16H24O6. The lowest BCUT2D eigenvalue weighted by Crippen LogP contribution is -2.23. The van der Waals surface area contributed by atoms with Gasteiger partial charge in [0.25, 0.3) is 0 Å². The Balaban J connectivity index is 0. The van der Waals surface area contributed by atoms with Crippen molar-refractivity contribution in [3.05, 3.63) is 37.5 Å². The zero-order chi connectivity index (χ0) is 17.5. The minimum absolute atomic E-state index is 0.176. The summed E-state index contributed by atoms with van der Waals surface area (Å²) >= 11 is 0. The van der Waals surface area contributed by atoms with Gasteiger partial charge in [0.05, 0.1) is 0 Å². The van der Waals surface area contributed by atoms with E-state index in [9.17, 15) is 14.4 Å². The van der Waals surface area contributed by atoms with Crippen molar-refractivity contribution in [1.82, 2.24) is 0 Å². The number of unbranched alkanes of at least 4 members (excludes halogenated alkanes) is 2. The van der Waals surface area contributed by atoms with Crippen molar-refractivity contribution in [2.24, 2.45) is 0 Å². The fourth-order valence-electron chi connectivity index (χ4n) is 1.06. The van der Waals surface area contributed by atoms with Crippen LogP contribution in [0, 0.1) is 0 Å². The summed E-state index contributed by atoms with van der Waals surface area (Å²) < 4.78 is 9.74. The third kappa shape index (κ3) is 14.0. The number of aliphatic carboxylic acids is 1. The van der Waals surface area contributed by atoms with Gasteiger partial charge in [-0.3, -0.25) is 0 Å². The van der Waals surface area contributed by atoms with Gasteiger partial charge in [0, 0.05) is 24.1 Å². The van der Waals surface area contributed by atoms with Crippen LogP contribution < -0.4 is 0 Å². The van der Waals surface area contributed by atoms with Gasteiger partial charge in [0.2, 0.25) is 6.29 Å². The molecule has 0 radical (unpaired) electrons. The van der Waals surface area contributed by atoms with E-state index in [4.69, 9.17) is 14.6 Å². The Hall–Kier alpha value is -2.37. The molecule has 0 unspecified atom stereocenters. The van der Waals surface area contributed by atoms with Crippen LogP contribution in [0.25, 0.3) is 0 Å². The first-order valence-electron chi connectivity index (χ1n) is 6.83. The standard InChI is InChI=1S/C12H18O4.C4H6O2/c1-4-7-8-9-12(15-10(13)5-2)16-11(14)6-3;1-3(2)4(5)6/h5-6,12H,2-4,7-9H2,1H3;1H2,2H3,(H,5,6). The monoisotopic (exact) mass is 312 g/mol. The molecule has 0 amide bonds. The lowest BCUT2D eigenvalue weighted by molar-refractivity contribution is -0.182. The normalized spacial score (nSPS) is 9.05. The number of esters is 2. The molecule has 0 saturated carbocycles.